The van der Waals surface area contributed by atoms with E-state index in [1.165, 1.54) is 0 Å². The fourth-order valence-corrected chi connectivity index (χ4v) is 2.60. The summed E-state index contributed by atoms with van der Waals surface area (Å²) in [6.07, 6.45) is 0. The fraction of sp³-hybridized carbons (Fsp3) is 0. The Bertz CT molecular complexity index is 865. The van der Waals surface area contributed by atoms with Crippen LogP contribution in [-0.4, -0.2) is 0 Å². The first-order valence-electron chi connectivity index (χ1n) is 6.93. The van der Waals surface area contributed by atoms with Crippen molar-refractivity contribution < 1.29 is 0 Å². The van der Waals surface area contributed by atoms with Crippen LogP contribution in [-0.2, 0) is 0 Å². The van der Waals surface area contributed by atoms with Crippen molar-refractivity contribution in [3.05, 3.63) is 83.9 Å². The molecule has 0 aliphatic carbocycles. The third-order valence-electron chi connectivity index (χ3n) is 3.59. The van der Waals surface area contributed by atoms with E-state index in [1.807, 2.05) is 54.6 Å². The van der Waals surface area contributed by atoms with Crippen LogP contribution in [0.5, 0.6) is 0 Å². The topological polar surface area (TPSA) is 47.6 Å². The average molecular weight is 280 g/mol. The lowest BCUT2D eigenvalue weighted by Gasteiger charge is -2.12. The van der Waals surface area contributed by atoms with Crippen molar-refractivity contribution in [2.45, 2.75) is 0 Å². The van der Waals surface area contributed by atoms with Crippen LogP contribution in [0.3, 0.4) is 0 Å². The molecule has 2 nitrogen and oxygen atoms in total. The van der Waals surface area contributed by atoms with Gasteiger partial charge in [0.25, 0.3) is 0 Å². The van der Waals surface area contributed by atoms with E-state index in [-0.39, 0.29) is 0 Å². The third-order valence-corrected chi connectivity index (χ3v) is 3.59. The number of rotatable bonds is 2. The summed E-state index contributed by atoms with van der Waals surface area (Å²) >= 11 is 0. The molecule has 0 saturated carbocycles. The Labute approximate surface area is 129 Å². The molecule has 3 rings (SSSR count). The summed E-state index contributed by atoms with van der Waals surface area (Å²) in [5, 5.41) is 18.8. The van der Waals surface area contributed by atoms with Gasteiger partial charge in [0.15, 0.2) is 0 Å². The molecule has 0 aliphatic rings. The van der Waals surface area contributed by atoms with Gasteiger partial charge in [-0.1, -0.05) is 60.7 Å². The number of hydrogen-bond donors (Lipinski definition) is 0. The molecule has 0 aliphatic heterocycles. The quantitative estimate of drug-likeness (QED) is 0.679. The first kappa shape index (κ1) is 13.6. The van der Waals surface area contributed by atoms with Crippen LogP contribution >= 0.6 is 0 Å². The van der Waals surface area contributed by atoms with Crippen molar-refractivity contribution in [1.29, 1.82) is 10.5 Å². The highest BCUT2D eigenvalue weighted by molar-refractivity contribution is 5.88. The summed E-state index contributed by atoms with van der Waals surface area (Å²) in [6.45, 7) is 0. The van der Waals surface area contributed by atoms with Crippen molar-refractivity contribution in [2.75, 3.05) is 0 Å². The molecule has 0 heterocycles. The van der Waals surface area contributed by atoms with Gasteiger partial charge in [0.1, 0.15) is 0 Å². The molecule has 0 N–H and O–H groups in total. The van der Waals surface area contributed by atoms with E-state index < -0.39 is 0 Å². The molecule has 0 bridgehead atoms. The molecule has 2 heteroatoms. The average Bonchev–Trinajstić information content (AvgIpc) is 2.61. The van der Waals surface area contributed by atoms with Crippen LogP contribution in [0.2, 0.25) is 0 Å². The molecule has 0 saturated heterocycles. The molecule has 0 aromatic heterocycles. The van der Waals surface area contributed by atoms with E-state index in [1.54, 1.807) is 18.2 Å². The van der Waals surface area contributed by atoms with Gasteiger partial charge in [0, 0.05) is 5.56 Å². The van der Waals surface area contributed by atoms with Gasteiger partial charge in [-0.05, 0) is 28.8 Å². The maximum Gasteiger partial charge on any atom is 0.0998 e. The highest BCUT2D eigenvalue weighted by Crippen LogP contribution is 2.35. The standard InChI is InChI=1S/C20H12N2/c21-13-16-9-6-10-17(14-22)20(16)19-12-5-4-11-18(19)15-7-2-1-3-8-15/h1-12H. The number of hydrogen-bond acceptors (Lipinski definition) is 2. The van der Waals surface area contributed by atoms with E-state index in [0.29, 0.717) is 16.7 Å². The Morgan fingerprint density at radius 2 is 1.09 bits per heavy atom. The third kappa shape index (κ3) is 2.35. The van der Waals surface area contributed by atoms with Crippen LogP contribution in [0.15, 0.2) is 72.8 Å². The van der Waals surface area contributed by atoms with Crippen molar-refractivity contribution in [1.82, 2.24) is 0 Å². The van der Waals surface area contributed by atoms with Gasteiger partial charge in [-0.25, -0.2) is 0 Å². The lowest BCUT2D eigenvalue weighted by molar-refractivity contribution is 1.44. The lowest BCUT2D eigenvalue weighted by atomic mass is 9.89. The molecule has 0 unspecified atom stereocenters. The summed E-state index contributed by atoms with van der Waals surface area (Å²) in [4.78, 5) is 0. The second kappa shape index (κ2) is 5.95. The van der Waals surface area contributed by atoms with E-state index in [9.17, 15) is 10.5 Å². The largest absolute Gasteiger partial charge is 0.192 e. The Morgan fingerprint density at radius 3 is 1.68 bits per heavy atom. The summed E-state index contributed by atoms with van der Waals surface area (Å²) in [5.41, 5.74) is 4.72. The highest BCUT2D eigenvalue weighted by Gasteiger charge is 2.14. The maximum absolute atomic E-state index is 9.40. The van der Waals surface area contributed by atoms with E-state index >= 15 is 0 Å². The zero-order valence-electron chi connectivity index (χ0n) is 11.8. The second-order valence-electron chi connectivity index (χ2n) is 4.86. The zero-order chi connectivity index (χ0) is 15.4. The van der Waals surface area contributed by atoms with Crippen LogP contribution in [0.25, 0.3) is 22.3 Å². The maximum atomic E-state index is 9.40. The molecule has 0 radical (unpaired) electrons. The van der Waals surface area contributed by atoms with Crippen LogP contribution < -0.4 is 0 Å². The Hall–Kier alpha value is -3.36. The van der Waals surface area contributed by atoms with Crippen LogP contribution in [0.4, 0.5) is 0 Å². The second-order valence-corrected chi connectivity index (χ2v) is 4.86. The summed E-state index contributed by atoms with van der Waals surface area (Å²) in [7, 11) is 0. The molecule has 0 amide bonds. The summed E-state index contributed by atoms with van der Waals surface area (Å²) in [5.74, 6) is 0. The van der Waals surface area contributed by atoms with E-state index in [0.717, 1.165) is 16.7 Å². The van der Waals surface area contributed by atoms with Crippen molar-refractivity contribution in [3.63, 3.8) is 0 Å². The van der Waals surface area contributed by atoms with Crippen LogP contribution in [0, 0.1) is 22.7 Å². The molecule has 102 valence electrons. The number of nitriles is 2. The van der Waals surface area contributed by atoms with E-state index in [2.05, 4.69) is 12.1 Å². The molecular formula is C20H12N2. The Balaban J connectivity index is 2.33. The van der Waals surface area contributed by atoms with Gasteiger partial charge in [-0.2, -0.15) is 10.5 Å². The van der Waals surface area contributed by atoms with Gasteiger partial charge in [-0.3, -0.25) is 0 Å². The minimum atomic E-state index is 0.516. The fourth-order valence-electron chi connectivity index (χ4n) is 2.60. The van der Waals surface area contributed by atoms with Gasteiger partial charge < -0.3 is 0 Å². The summed E-state index contributed by atoms with van der Waals surface area (Å²) in [6, 6.07) is 27.5. The predicted molar refractivity (Wildman–Crippen MR) is 86.7 cm³/mol. The minimum Gasteiger partial charge on any atom is -0.192 e. The smallest absolute Gasteiger partial charge is 0.0998 e. The van der Waals surface area contributed by atoms with Gasteiger partial charge in [0.2, 0.25) is 0 Å². The van der Waals surface area contributed by atoms with Gasteiger partial charge >= 0.3 is 0 Å². The molecule has 0 fully saturated rings. The number of benzene rings is 3. The number of nitrogens with zero attached hydrogens (tertiary/aromatic N) is 2. The Kier molecular flexibility index (Phi) is 3.69. The first-order chi connectivity index (χ1) is 10.8. The van der Waals surface area contributed by atoms with Gasteiger partial charge in [-0.15, -0.1) is 0 Å². The predicted octanol–water partition coefficient (Wildman–Crippen LogP) is 4.76. The Morgan fingerprint density at radius 1 is 0.545 bits per heavy atom. The molecule has 3 aromatic carbocycles. The molecule has 0 atom stereocenters. The minimum absolute atomic E-state index is 0.516. The van der Waals surface area contributed by atoms with Gasteiger partial charge in [0.05, 0.1) is 23.3 Å². The molecule has 0 spiro atoms. The molecule has 22 heavy (non-hydrogen) atoms. The lowest BCUT2D eigenvalue weighted by Crippen LogP contribution is -1.92. The van der Waals surface area contributed by atoms with Crippen molar-refractivity contribution in [3.8, 4) is 34.4 Å². The van der Waals surface area contributed by atoms with E-state index in [4.69, 9.17) is 0 Å². The monoisotopic (exact) mass is 280 g/mol. The molecule has 3 aromatic rings. The highest BCUT2D eigenvalue weighted by atomic mass is 14.3. The normalized spacial score (nSPS) is 9.73. The first-order valence-corrected chi connectivity index (χ1v) is 6.93. The zero-order valence-corrected chi connectivity index (χ0v) is 11.8. The SMILES string of the molecule is N#Cc1cccc(C#N)c1-c1ccccc1-c1ccccc1. The van der Waals surface area contributed by atoms with Crippen molar-refractivity contribution >= 4 is 0 Å². The van der Waals surface area contributed by atoms with Crippen molar-refractivity contribution in [2.24, 2.45) is 0 Å². The van der Waals surface area contributed by atoms with Crippen LogP contribution in [0.1, 0.15) is 11.1 Å². The summed E-state index contributed by atoms with van der Waals surface area (Å²) < 4.78 is 0. The molecular weight excluding hydrogens is 268 g/mol.